The number of piperidine rings is 1. The highest BCUT2D eigenvalue weighted by Gasteiger charge is 2.19. The fourth-order valence-corrected chi connectivity index (χ4v) is 2.91. The van der Waals surface area contributed by atoms with Gasteiger partial charge < -0.3 is 21.9 Å². The summed E-state index contributed by atoms with van der Waals surface area (Å²) < 4.78 is 0. The largest absolute Gasteiger partial charge is 0.400 e. The normalized spacial score (nSPS) is 19.7. The zero-order valence-corrected chi connectivity index (χ0v) is 14.7. The van der Waals surface area contributed by atoms with Gasteiger partial charge >= 0.3 is 0 Å². The SMILES string of the molecule is CN=CC(=C(N)CN1CCCC(O)C1)c1cnc(N)c(C(=O)NC)c1. The number of hydrogen-bond acceptors (Lipinski definition) is 7. The Balaban J connectivity index is 2.34. The molecule has 1 aromatic heterocycles. The van der Waals surface area contributed by atoms with Gasteiger partial charge in [-0.1, -0.05) is 0 Å². The van der Waals surface area contributed by atoms with Crippen molar-refractivity contribution in [1.82, 2.24) is 15.2 Å². The Labute approximate surface area is 147 Å². The predicted molar refractivity (Wildman–Crippen MR) is 99.2 cm³/mol. The van der Waals surface area contributed by atoms with Crippen LogP contribution in [0.3, 0.4) is 0 Å². The Kier molecular flexibility index (Phi) is 6.49. The van der Waals surface area contributed by atoms with Crippen LogP contribution in [0, 0.1) is 0 Å². The number of nitrogens with two attached hydrogens (primary N) is 2. The Bertz CT molecular complexity index is 686. The number of anilines is 1. The van der Waals surface area contributed by atoms with Crippen LogP contribution in [-0.4, -0.2) is 66.9 Å². The summed E-state index contributed by atoms with van der Waals surface area (Å²) in [6, 6.07) is 1.66. The summed E-state index contributed by atoms with van der Waals surface area (Å²) in [7, 11) is 3.19. The average molecular weight is 346 g/mol. The molecule has 1 atom stereocenters. The van der Waals surface area contributed by atoms with Gasteiger partial charge in [-0.15, -0.1) is 0 Å². The second-order valence-corrected chi connectivity index (χ2v) is 6.09. The molecule has 0 aliphatic carbocycles. The van der Waals surface area contributed by atoms with E-state index in [1.165, 1.54) is 7.05 Å². The van der Waals surface area contributed by atoms with Crippen LogP contribution in [0.1, 0.15) is 28.8 Å². The maximum absolute atomic E-state index is 11.9. The van der Waals surface area contributed by atoms with Crippen LogP contribution in [0.5, 0.6) is 0 Å². The van der Waals surface area contributed by atoms with Gasteiger partial charge in [0, 0.05) is 56.4 Å². The standard InChI is InChI=1S/C17H26N6O2/c1-20-8-14(15(18)10-23-5-3-4-12(24)9-23)11-6-13(17(25)21-2)16(19)22-7-11/h6-8,12,24H,3-5,9-10,18H2,1-2H3,(H2,19,22)(H,21,25). The minimum Gasteiger partial charge on any atom is -0.400 e. The number of β-amino-alcohol motifs (C(OH)–C–C–N with tert-alkyl or cyclic N) is 1. The number of amides is 1. The van der Waals surface area contributed by atoms with Crippen LogP contribution in [0.25, 0.3) is 5.57 Å². The van der Waals surface area contributed by atoms with Gasteiger partial charge in [-0.25, -0.2) is 4.98 Å². The Morgan fingerprint density at radius 3 is 3.00 bits per heavy atom. The number of nitrogens with zero attached hydrogens (tertiary/aromatic N) is 3. The maximum Gasteiger partial charge on any atom is 0.254 e. The van der Waals surface area contributed by atoms with Gasteiger partial charge in [0.1, 0.15) is 5.82 Å². The number of likely N-dealkylation sites (tertiary alicyclic amines) is 1. The van der Waals surface area contributed by atoms with E-state index >= 15 is 0 Å². The summed E-state index contributed by atoms with van der Waals surface area (Å²) in [5, 5.41) is 12.4. The van der Waals surface area contributed by atoms with E-state index in [4.69, 9.17) is 11.5 Å². The van der Waals surface area contributed by atoms with Crippen LogP contribution < -0.4 is 16.8 Å². The first-order valence-corrected chi connectivity index (χ1v) is 8.25. The maximum atomic E-state index is 11.9. The van der Waals surface area contributed by atoms with Gasteiger partial charge in [0.15, 0.2) is 0 Å². The van der Waals surface area contributed by atoms with Crippen molar-refractivity contribution in [2.75, 3.05) is 39.5 Å². The van der Waals surface area contributed by atoms with Gasteiger partial charge in [0.25, 0.3) is 5.91 Å². The molecule has 1 aliphatic heterocycles. The van der Waals surface area contributed by atoms with Crippen molar-refractivity contribution in [1.29, 1.82) is 0 Å². The minimum absolute atomic E-state index is 0.161. The van der Waals surface area contributed by atoms with Crippen molar-refractivity contribution in [3.8, 4) is 0 Å². The van der Waals surface area contributed by atoms with Crippen LogP contribution in [0.4, 0.5) is 5.82 Å². The number of nitrogens with one attached hydrogen (secondary N) is 1. The first-order valence-electron chi connectivity index (χ1n) is 8.25. The number of aliphatic hydroxyl groups excluding tert-OH is 1. The van der Waals surface area contributed by atoms with Gasteiger partial charge in [-0.05, 0) is 25.5 Å². The summed E-state index contributed by atoms with van der Waals surface area (Å²) in [4.78, 5) is 22.2. The fraction of sp³-hybridized carbons (Fsp3) is 0.471. The zero-order valence-electron chi connectivity index (χ0n) is 14.7. The van der Waals surface area contributed by atoms with Gasteiger partial charge in [-0.3, -0.25) is 14.7 Å². The lowest BCUT2D eigenvalue weighted by atomic mass is 10.0. The molecule has 6 N–H and O–H groups in total. The van der Waals surface area contributed by atoms with Crippen molar-refractivity contribution in [3.63, 3.8) is 0 Å². The molecule has 1 saturated heterocycles. The molecule has 1 amide bonds. The van der Waals surface area contributed by atoms with Crippen LogP contribution in [0.15, 0.2) is 23.0 Å². The lowest BCUT2D eigenvalue weighted by molar-refractivity contribution is 0.0757. The molecule has 1 aliphatic rings. The van der Waals surface area contributed by atoms with Crippen LogP contribution in [-0.2, 0) is 0 Å². The molecule has 2 heterocycles. The van der Waals surface area contributed by atoms with Crippen molar-refractivity contribution in [2.24, 2.45) is 10.7 Å². The highest BCUT2D eigenvalue weighted by molar-refractivity contribution is 6.11. The lowest BCUT2D eigenvalue weighted by Gasteiger charge is -2.30. The number of carbonyl (C=O) groups excluding carboxylic acids is 1. The highest BCUT2D eigenvalue weighted by atomic mass is 16.3. The molecule has 0 bridgehead atoms. The molecular formula is C17H26N6O2. The summed E-state index contributed by atoms with van der Waals surface area (Å²) in [5.74, 6) is -0.147. The van der Waals surface area contributed by atoms with Crippen molar-refractivity contribution in [2.45, 2.75) is 18.9 Å². The monoisotopic (exact) mass is 346 g/mol. The highest BCUT2D eigenvalue weighted by Crippen LogP contribution is 2.20. The van der Waals surface area contributed by atoms with E-state index in [-0.39, 0.29) is 17.8 Å². The molecule has 8 nitrogen and oxygen atoms in total. The van der Waals surface area contributed by atoms with Gasteiger partial charge in [0.2, 0.25) is 0 Å². The summed E-state index contributed by atoms with van der Waals surface area (Å²) in [6.45, 7) is 2.00. The molecule has 1 unspecified atom stereocenters. The smallest absolute Gasteiger partial charge is 0.254 e. The summed E-state index contributed by atoms with van der Waals surface area (Å²) in [5.41, 5.74) is 14.4. The number of allylic oxidation sites excluding steroid dienone is 1. The first kappa shape index (κ1) is 18.9. The Morgan fingerprint density at radius 2 is 2.36 bits per heavy atom. The number of aromatic nitrogens is 1. The number of aliphatic imine (C=N–C) groups is 1. The van der Waals surface area contributed by atoms with Crippen molar-refractivity contribution >= 4 is 23.5 Å². The van der Waals surface area contributed by atoms with E-state index in [1.54, 1.807) is 25.5 Å². The number of pyridine rings is 1. The topological polar surface area (TPSA) is 130 Å². The molecule has 0 radical (unpaired) electrons. The Hall–Kier alpha value is -2.45. The molecule has 2 rings (SSSR count). The second-order valence-electron chi connectivity index (χ2n) is 6.09. The average Bonchev–Trinajstić information content (AvgIpc) is 2.59. The fourth-order valence-electron chi connectivity index (χ4n) is 2.91. The molecular weight excluding hydrogens is 320 g/mol. The van der Waals surface area contributed by atoms with Gasteiger partial charge in [-0.2, -0.15) is 0 Å². The van der Waals surface area contributed by atoms with Crippen LogP contribution >= 0.6 is 0 Å². The Morgan fingerprint density at radius 1 is 1.60 bits per heavy atom. The van der Waals surface area contributed by atoms with E-state index in [0.717, 1.165) is 19.4 Å². The van der Waals surface area contributed by atoms with E-state index in [2.05, 4.69) is 20.2 Å². The first-order chi connectivity index (χ1) is 12.0. The number of hydrogen-bond donors (Lipinski definition) is 4. The third-order valence-corrected chi connectivity index (χ3v) is 4.18. The number of carbonyl (C=O) groups is 1. The minimum atomic E-state index is -0.317. The second kappa shape index (κ2) is 8.59. The molecule has 1 fully saturated rings. The third kappa shape index (κ3) is 4.77. The number of rotatable bonds is 5. The van der Waals surface area contributed by atoms with E-state index in [1.807, 2.05) is 0 Å². The molecule has 0 spiro atoms. The molecule has 0 aromatic carbocycles. The van der Waals surface area contributed by atoms with Crippen molar-refractivity contribution in [3.05, 3.63) is 29.1 Å². The van der Waals surface area contributed by atoms with E-state index < -0.39 is 0 Å². The molecule has 25 heavy (non-hydrogen) atoms. The quantitative estimate of drug-likeness (QED) is 0.549. The summed E-state index contributed by atoms with van der Waals surface area (Å²) >= 11 is 0. The zero-order chi connectivity index (χ0) is 18.4. The number of nitrogen functional groups attached to an aromatic ring is 1. The molecule has 136 valence electrons. The van der Waals surface area contributed by atoms with E-state index in [0.29, 0.717) is 35.5 Å². The summed E-state index contributed by atoms with van der Waals surface area (Å²) in [6.07, 6.45) is 4.67. The number of aliphatic hydroxyl groups is 1. The van der Waals surface area contributed by atoms with Gasteiger partial charge in [0.05, 0.1) is 11.7 Å². The third-order valence-electron chi connectivity index (χ3n) is 4.18. The van der Waals surface area contributed by atoms with Crippen LogP contribution in [0.2, 0.25) is 0 Å². The molecule has 1 aromatic rings. The molecule has 0 saturated carbocycles. The lowest BCUT2D eigenvalue weighted by Crippen LogP contribution is -2.40. The van der Waals surface area contributed by atoms with E-state index in [9.17, 15) is 9.90 Å². The molecule has 8 heteroatoms. The predicted octanol–water partition coefficient (Wildman–Crippen LogP) is -0.149. The van der Waals surface area contributed by atoms with Crippen molar-refractivity contribution < 1.29 is 9.90 Å².